The lowest BCUT2D eigenvalue weighted by molar-refractivity contribution is -0.147. The number of aryl methyl sites for hydroxylation is 1. The lowest BCUT2D eigenvalue weighted by Crippen LogP contribution is -2.54. The van der Waals surface area contributed by atoms with Gasteiger partial charge in [-0.25, -0.2) is 9.78 Å². The van der Waals surface area contributed by atoms with Crippen molar-refractivity contribution in [2.75, 3.05) is 17.2 Å². The molecule has 3 rings (SSSR count). The van der Waals surface area contributed by atoms with Crippen molar-refractivity contribution in [1.29, 1.82) is 0 Å². The highest BCUT2D eigenvalue weighted by molar-refractivity contribution is 6.39. The minimum absolute atomic E-state index is 0.0122. The minimum Gasteiger partial charge on any atom is -0.444 e. The highest BCUT2D eigenvalue weighted by Crippen LogP contribution is 2.35. The summed E-state index contributed by atoms with van der Waals surface area (Å²) in [5.74, 6) is -0.281. The van der Waals surface area contributed by atoms with Crippen molar-refractivity contribution in [3.05, 3.63) is 17.8 Å². The van der Waals surface area contributed by atoms with Crippen LogP contribution in [0, 0.1) is 18.8 Å². The summed E-state index contributed by atoms with van der Waals surface area (Å²) in [6.07, 6.45) is 6.31. The number of piperidine rings is 1. The summed E-state index contributed by atoms with van der Waals surface area (Å²) >= 11 is 0. The van der Waals surface area contributed by atoms with Gasteiger partial charge in [-0.3, -0.25) is 19.7 Å². The SMILES string of the molecule is CC(=O)NC1CCC([C@@H]2CC[C@@H](C)CN2C(=O)C(=O)Nc2cnc(NC(=O)OC(C)(C)C)c(C)c2)CC1. The molecule has 1 aliphatic carbocycles. The fourth-order valence-corrected chi connectivity index (χ4v) is 5.32. The molecule has 37 heavy (non-hydrogen) atoms. The number of hydrogen-bond acceptors (Lipinski definition) is 6. The van der Waals surface area contributed by atoms with Gasteiger partial charge in [0.1, 0.15) is 11.4 Å². The molecule has 1 aromatic heterocycles. The van der Waals surface area contributed by atoms with Crippen LogP contribution in [0.2, 0.25) is 0 Å². The van der Waals surface area contributed by atoms with Gasteiger partial charge < -0.3 is 20.3 Å². The van der Waals surface area contributed by atoms with E-state index in [0.717, 1.165) is 38.5 Å². The highest BCUT2D eigenvalue weighted by atomic mass is 16.6. The zero-order valence-electron chi connectivity index (χ0n) is 22.8. The molecule has 2 atom stereocenters. The number of pyridine rings is 1. The van der Waals surface area contributed by atoms with E-state index in [1.165, 1.54) is 13.1 Å². The van der Waals surface area contributed by atoms with E-state index in [0.29, 0.717) is 35.4 Å². The molecule has 204 valence electrons. The van der Waals surface area contributed by atoms with Gasteiger partial charge in [-0.2, -0.15) is 0 Å². The molecule has 1 aliphatic heterocycles. The van der Waals surface area contributed by atoms with Crippen LogP contribution < -0.4 is 16.0 Å². The van der Waals surface area contributed by atoms with Crippen LogP contribution in [0.4, 0.5) is 16.3 Å². The molecule has 2 heterocycles. The van der Waals surface area contributed by atoms with E-state index in [4.69, 9.17) is 4.74 Å². The van der Waals surface area contributed by atoms with Gasteiger partial charge >= 0.3 is 17.9 Å². The maximum Gasteiger partial charge on any atom is 0.413 e. The second-order valence-corrected chi connectivity index (χ2v) is 11.5. The van der Waals surface area contributed by atoms with E-state index in [-0.39, 0.29) is 18.0 Å². The molecule has 2 aliphatic rings. The Bertz CT molecular complexity index is 1010. The number of rotatable bonds is 4. The third-order valence-electron chi connectivity index (χ3n) is 7.00. The monoisotopic (exact) mass is 515 g/mol. The van der Waals surface area contributed by atoms with Crippen molar-refractivity contribution in [1.82, 2.24) is 15.2 Å². The van der Waals surface area contributed by atoms with Crippen molar-refractivity contribution in [2.24, 2.45) is 11.8 Å². The first-order valence-corrected chi connectivity index (χ1v) is 13.2. The molecule has 0 unspecified atom stereocenters. The van der Waals surface area contributed by atoms with Crippen molar-refractivity contribution < 1.29 is 23.9 Å². The number of nitrogens with zero attached hydrogens (tertiary/aromatic N) is 2. The molecular formula is C27H41N5O5. The van der Waals surface area contributed by atoms with Gasteiger partial charge in [0.15, 0.2) is 0 Å². The van der Waals surface area contributed by atoms with Gasteiger partial charge in [-0.1, -0.05) is 6.92 Å². The summed E-state index contributed by atoms with van der Waals surface area (Å²) in [6, 6.07) is 1.87. The van der Waals surface area contributed by atoms with E-state index in [2.05, 4.69) is 27.9 Å². The number of ether oxygens (including phenoxy) is 1. The zero-order valence-corrected chi connectivity index (χ0v) is 22.8. The zero-order chi connectivity index (χ0) is 27.3. The van der Waals surface area contributed by atoms with Crippen LogP contribution in [0.15, 0.2) is 12.3 Å². The molecular weight excluding hydrogens is 474 g/mol. The number of likely N-dealkylation sites (tertiary alicyclic amines) is 1. The number of hydrogen-bond donors (Lipinski definition) is 3. The first kappa shape index (κ1) is 28.4. The molecule has 10 nitrogen and oxygen atoms in total. The Hall–Kier alpha value is -3.17. The van der Waals surface area contributed by atoms with E-state index in [1.54, 1.807) is 38.7 Å². The lowest BCUT2D eigenvalue weighted by atomic mass is 9.77. The predicted octanol–water partition coefficient (Wildman–Crippen LogP) is 4.00. The molecule has 0 spiro atoms. The van der Waals surface area contributed by atoms with Gasteiger partial charge in [-0.15, -0.1) is 0 Å². The molecule has 2 fully saturated rings. The van der Waals surface area contributed by atoms with Crippen LogP contribution in [-0.2, 0) is 19.1 Å². The van der Waals surface area contributed by atoms with Crippen molar-refractivity contribution in [3.8, 4) is 0 Å². The Labute approximate surface area is 219 Å². The third-order valence-corrected chi connectivity index (χ3v) is 7.00. The van der Waals surface area contributed by atoms with Crippen LogP contribution >= 0.6 is 0 Å². The minimum atomic E-state index is -0.694. The summed E-state index contributed by atoms with van der Waals surface area (Å²) in [7, 11) is 0. The first-order chi connectivity index (χ1) is 17.3. The summed E-state index contributed by atoms with van der Waals surface area (Å²) in [4.78, 5) is 55.7. The lowest BCUT2D eigenvalue weighted by Gasteiger charge is -2.44. The molecule has 1 aromatic rings. The van der Waals surface area contributed by atoms with Crippen molar-refractivity contribution in [2.45, 2.75) is 97.8 Å². The van der Waals surface area contributed by atoms with Gasteiger partial charge in [0.05, 0.1) is 11.9 Å². The maximum atomic E-state index is 13.3. The van der Waals surface area contributed by atoms with Crippen molar-refractivity contribution in [3.63, 3.8) is 0 Å². The molecule has 0 bridgehead atoms. The van der Waals surface area contributed by atoms with Gasteiger partial charge in [0.25, 0.3) is 0 Å². The first-order valence-electron chi connectivity index (χ1n) is 13.2. The van der Waals surface area contributed by atoms with Crippen LogP contribution in [-0.4, -0.2) is 57.9 Å². The van der Waals surface area contributed by atoms with Crippen LogP contribution in [0.3, 0.4) is 0 Å². The van der Waals surface area contributed by atoms with E-state index < -0.39 is 23.5 Å². The smallest absolute Gasteiger partial charge is 0.413 e. The van der Waals surface area contributed by atoms with Gasteiger partial charge in [-0.05, 0) is 89.7 Å². The Morgan fingerprint density at radius 2 is 1.70 bits per heavy atom. The van der Waals surface area contributed by atoms with Crippen LogP contribution in [0.25, 0.3) is 0 Å². The standard InChI is InChI=1S/C27H41N5O5/c1-16-7-12-22(19-8-10-20(11-9-19)29-18(3)33)32(15-16)25(35)24(34)30-21-13-17(2)23(28-14-21)31-26(36)37-27(4,5)6/h13-14,16,19-20,22H,7-12,15H2,1-6H3,(H,29,33)(H,30,34)(H,28,31,36)/t16-,19?,20?,22+/m1/s1. The van der Waals surface area contributed by atoms with Crippen LogP contribution in [0.5, 0.6) is 0 Å². The normalized spacial score (nSPS) is 24.1. The van der Waals surface area contributed by atoms with Crippen LogP contribution in [0.1, 0.15) is 78.7 Å². The maximum absolute atomic E-state index is 13.3. The fraction of sp³-hybridized carbons (Fsp3) is 0.667. The van der Waals surface area contributed by atoms with E-state index in [9.17, 15) is 19.2 Å². The Kier molecular flexibility index (Phi) is 9.15. The largest absolute Gasteiger partial charge is 0.444 e. The Morgan fingerprint density at radius 1 is 1.03 bits per heavy atom. The predicted molar refractivity (Wildman–Crippen MR) is 141 cm³/mol. The number of carbonyl (C=O) groups excluding carboxylic acids is 4. The van der Waals surface area contributed by atoms with E-state index in [1.807, 2.05) is 0 Å². The van der Waals surface area contributed by atoms with E-state index >= 15 is 0 Å². The third kappa shape index (κ3) is 8.16. The Morgan fingerprint density at radius 3 is 2.30 bits per heavy atom. The quantitative estimate of drug-likeness (QED) is 0.520. The Balaban J connectivity index is 1.63. The van der Waals surface area contributed by atoms with Gasteiger partial charge in [0.2, 0.25) is 5.91 Å². The number of anilines is 2. The summed E-state index contributed by atoms with van der Waals surface area (Å²) in [5.41, 5.74) is 0.362. The average Bonchev–Trinajstić information content (AvgIpc) is 2.79. The number of carbonyl (C=O) groups is 4. The summed E-state index contributed by atoms with van der Waals surface area (Å²) in [5, 5.41) is 8.28. The highest BCUT2D eigenvalue weighted by Gasteiger charge is 2.39. The summed E-state index contributed by atoms with van der Waals surface area (Å²) < 4.78 is 5.25. The number of aromatic nitrogens is 1. The van der Waals surface area contributed by atoms with Crippen molar-refractivity contribution >= 4 is 35.3 Å². The van der Waals surface area contributed by atoms with Gasteiger partial charge in [0, 0.05) is 25.6 Å². The molecule has 3 N–H and O–H groups in total. The number of amides is 4. The summed E-state index contributed by atoms with van der Waals surface area (Å²) in [6.45, 7) is 11.3. The molecule has 1 saturated carbocycles. The second-order valence-electron chi connectivity index (χ2n) is 11.5. The molecule has 1 saturated heterocycles. The molecule has 0 radical (unpaired) electrons. The fourth-order valence-electron chi connectivity index (χ4n) is 5.32. The average molecular weight is 516 g/mol. The second kappa shape index (κ2) is 11.9. The molecule has 4 amide bonds. The molecule has 10 heteroatoms. The molecule has 0 aromatic carbocycles. The topological polar surface area (TPSA) is 130 Å². The number of nitrogens with one attached hydrogen (secondary N) is 3.